The van der Waals surface area contributed by atoms with E-state index in [0.29, 0.717) is 34.9 Å². The van der Waals surface area contributed by atoms with Crippen LogP contribution >= 0.6 is 11.3 Å². The summed E-state index contributed by atoms with van der Waals surface area (Å²) in [6, 6.07) is 7.63. The number of hydrogen-bond acceptors (Lipinski definition) is 6. The summed E-state index contributed by atoms with van der Waals surface area (Å²) in [5, 5.41) is 4.39. The summed E-state index contributed by atoms with van der Waals surface area (Å²) in [4.78, 5) is 17.1. The molecule has 2 fully saturated rings. The smallest absolute Gasteiger partial charge is 0.351 e. The second kappa shape index (κ2) is 9.62. The van der Waals surface area contributed by atoms with Gasteiger partial charge in [-0.25, -0.2) is 15.0 Å². The maximum Gasteiger partial charge on any atom is 0.416 e. The number of hydrogen-bond donors (Lipinski definition) is 1. The molecule has 5 nitrogen and oxygen atoms in total. The van der Waals surface area contributed by atoms with Crippen LogP contribution in [-0.2, 0) is 6.18 Å². The first-order valence-corrected chi connectivity index (χ1v) is 12.7. The minimum atomic E-state index is -4.41. The number of nitrogens with one attached hydrogen (secondary N) is 1. The first kappa shape index (κ1) is 23.2. The Labute approximate surface area is 201 Å². The third-order valence-electron chi connectivity index (χ3n) is 6.75. The molecular weight excluding hydrogens is 459 g/mol. The van der Waals surface area contributed by atoms with Crippen molar-refractivity contribution in [2.75, 3.05) is 25.5 Å². The Hall–Kier alpha value is -2.52. The lowest BCUT2D eigenvalue weighted by atomic mass is 9.98. The average Bonchev–Trinajstić information content (AvgIpc) is 3.50. The SMILES string of the molecule is CN1CCC(c2nc(-c3cccc(C(F)(F)F)c3)c(-c3ccnc(NC4CCCC4)n3)s2)CC1. The molecule has 1 aromatic carbocycles. The molecule has 0 radical (unpaired) electrons. The monoisotopic (exact) mass is 487 g/mol. The van der Waals surface area contributed by atoms with Gasteiger partial charge in [0, 0.05) is 23.7 Å². The number of likely N-dealkylation sites (tertiary alicyclic amines) is 1. The number of piperidine rings is 1. The van der Waals surface area contributed by atoms with Crippen molar-refractivity contribution in [1.82, 2.24) is 19.9 Å². The van der Waals surface area contributed by atoms with Gasteiger partial charge in [-0.15, -0.1) is 11.3 Å². The summed E-state index contributed by atoms with van der Waals surface area (Å²) >= 11 is 1.55. The fourth-order valence-corrected chi connectivity index (χ4v) is 6.01. The van der Waals surface area contributed by atoms with Gasteiger partial charge in [-0.3, -0.25) is 0 Å². The highest BCUT2D eigenvalue weighted by atomic mass is 32.1. The van der Waals surface area contributed by atoms with Gasteiger partial charge in [0.2, 0.25) is 5.95 Å². The number of alkyl halides is 3. The average molecular weight is 488 g/mol. The van der Waals surface area contributed by atoms with Crippen LogP contribution < -0.4 is 5.32 Å². The summed E-state index contributed by atoms with van der Waals surface area (Å²) in [7, 11) is 2.11. The van der Waals surface area contributed by atoms with Crippen LogP contribution in [0.1, 0.15) is 55.0 Å². The largest absolute Gasteiger partial charge is 0.416 e. The summed E-state index contributed by atoms with van der Waals surface area (Å²) in [6.45, 7) is 1.98. The van der Waals surface area contributed by atoms with Gasteiger partial charge in [0.05, 0.1) is 26.8 Å². The van der Waals surface area contributed by atoms with Crippen LogP contribution in [0.5, 0.6) is 0 Å². The lowest BCUT2D eigenvalue weighted by molar-refractivity contribution is -0.137. The van der Waals surface area contributed by atoms with Gasteiger partial charge in [-0.1, -0.05) is 25.0 Å². The fraction of sp³-hybridized carbons (Fsp3) is 0.480. The normalized spacial score (nSPS) is 18.5. The zero-order valence-corrected chi connectivity index (χ0v) is 19.9. The molecule has 180 valence electrons. The van der Waals surface area contributed by atoms with Crippen LogP contribution in [0, 0.1) is 0 Å². The lowest BCUT2D eigenvalue weighted by Crippen LogP contribution is -2.29. The second-order valence-corrected chi connectivity index (χ2v) is 10.3. The van der Waals surface area contributed by atoms with Gasteiger partial charge in [0.1, 0.15) is 0 Å². The minimum absolute atomic E-state index is 0.303. The summed E-state index contributed by atoms with van der Waals surface area (Å²) in [6.07, 6.45) is 3.89. The number of thiazole rings is 1. The van der Waals surface area contributed by atoms with E-state index in [2.05, 4.69) is 22.2 Å². The Morgan fingerprint density at radius 3 is 2.53 bits per heavy atom. The molecule has 0 spiro atoms. The standard InChI is InChI=1S/C25H28F3N5S/c1-33-13-10-16(11-14-33)23-32-21(17-5-4-6-18(15-17)25(26,27)28)22(34-23)20-9-12-29-24(31-20)30-19-7-2-3-8-19/h4-6,9,12,15-16,19H,2-3,7-8,10-11,13-14H2,1H3,(H,29,30,31). The van der Waals surface area contributed by atoms with E-state index >= 15 is 0 Å². The molecule has 3 aromatic rings. The quantitative estimate of drug-likeness (QED) is 0.448. The Bertz CT molecular complexity index is 1130. The molecule has 34 heavy (non-hydrogen) atoms. The molecule has 5 rings (SSSR count). The minimum Gasteiger partial charge on any atom is -0.351 e. The number of anilines is 1. The number of nitrogens with zero attached hydrogens (tertiary/aromatic N) is 4. The first-order chi connectivity index (χ1) is 16.4. The topological polar surface area (TPSA) is 53.9 Å². The highest BCUT2D eigenvalue weighted by Gasteiger charge is 2.31. The maximum absolute atomic E-state index is 13.4. The van der Waals surface area contributed by atoms with E-state index in [1.165, 1.54) is 25.0 Å². The van der Waals surface area contributed by atoms with Crippen molar-refractivity contribution in [3.05, 3.63) is 47.1 Å². The van der Waals surface area contributed by atoms with E-state index in [9.17, 15) is 13.2 Å². The molecule has 2 aromatic heterocycles. The maximum atomic E-state index is 13.4. The van der Waals surface area contributed by atoms with E-state index in [1.807, 2.05) is 6.07 Å². The molecule has 2 aliphatic rings. The number of benzene rings is 1. The van der Waals surface area contributed by atoms with Crippen molar-refractivity contribution in [2.45, 2.75) is 56.7 Å². The Balaban J connectivity index is 1.54. The highest BCUT2D eigenvalue weighted by molar-refractivity contribution is 7.15. The van der Waals surface area contributed by atoms with Crippen LogP contribution in [0.4, 0.5) is 19.1 Å². The molecule has 1 saturated heterocycles. The molecule has 3 heterocycles. The highest BCUT2D eigenvalue weighted by Crippen LogP contribution is 2.42. The number of aromatic nitrogens is 3. The zero-order valence-electron chi connectivity index (χ0n) is 19.1. The van der Waals surface area contributed by atoms with Crippen molar-refractivity contribution >= 4 is 17.3 Å². The molecule has 1 aliphatic carbocycles. The molecule has 0 amide bonds. The summed E-state index contributed by atoms with van der Waals surface area (Å²) < 4.78 is 40.3. The molecular formula is C25H28F3N5S. The summed E-state index contributed by atoms with van der Waals surface area (Å²) in [5.74, 6) is 0.867. The molecule has 0 atom stereocenters. The van der Waals surface area contributed by atoms with Crippen LogP contribution in [0.2, 0.25) is 0 Å². The number of rotatable bonds is 5. The second-order valence-electron chi connectivity index (χ2n) is 9.28. The van der Waals surface area contributed by atoms with Gasteiger partial charge < -0.3 is 10.2 Å². The third-order valence-corrected chi connectivity index (χ3v) is 7.99. The van der Waals surface area contributed by atoms with Crippen LogP contribution in [0.3, 0.4) is 0 Å². The zero-order chi connectivity index (χ0) is 23.7. The van der Waals surface area contributed by atoms with Crippen molar-refractivity contribution in [2.24, 2.45) is 0 Å². The first-order valence-electron chi connectivity index (χ1n) is 11.8. The van der Waals surface area contributed by atoms with Gasteiger partial charge in [0.25, 0.3) is 0 Å². The molecule has 0 unspecified atom stereocenters. The third kappa shape index (κ3) is 5.10. The van der Waals surface area contributed by atoms with Crippen molar-refractivity contribution in [1.29, 1.82) is 0 Å². The Morgan fingerprint density at radius 2 is 1.79 bits per heavy atom. The Kier molecular flexibility index (Phi) is 6.57. The lowest BCUT2D eigenvalue weighted by Gasteiger charge is -2.27. The van der Waals surface area contributed by atoms with Gasteiger partial charge in [-0.2, -0.15) is 13.2 Å². The van der Waals surface area contributed by atoms with Crippen molar-refractivity contribution in [3.63, 3.8) is 0 Å². The van der Waals surface area contributed by atoms with E-state index < -0.39 is 11.7 Å². The van der Waals surface area contributed by atoms with Crippen LogP contribution in [0.15, 0.2) is 36.5 Å². The van der Waals surface area contributed by atoms with Gasteiger partial charge >= 0.3 is 6.18 Å². The van der Waals surface area contributed by atoms with Gasteiger partial charge in [-0.05, 0) is 64.0 Å². The van der Waals surface area contributed by atoms with Crippen LogP contribution in [-0.4, -0.2) is 46.0 Å². The number of halogens is 3. The molecule has 1 aliphatic heterocycles. The van der Waals surface area contributed by atoms with E-state index in [-0.39, 0.29) is 0 Å². The van der Waals surface area contributed by atoms with E-state index in [0.717, 1.165) is 54.7 Å². The van der Waals surface area contributed by atoms with Gasteiger partial charge in [0.15, 0.2) is 0 Å². The predicted octanol–water partition coefficient (Wildman–Crippen LogP) is 6.45. The predicted molar refractivity (Wildman–Crippen MR) is 129 cm³/mol. The van der Waals surface area contributed by atoms with Crippen LogP contribution in [0.25, 0.3) is 21.8 Å². The molecule has 1 saturated carbocycles. The molecule has 9 heteroatoms. The fourth-order valence-electron chi connectivity index (χ4n) is 4.79. The molecule has 1 N–H and O–H groups in total. The molecule has 0 bridgehead atoms. The van der Waals surface area contributed by atoms with E-state index in [4.69, 9.17) is 9.97 Å². The van der Waals surface area contributed by atoms with Crippen molar-refractivity contribution < 1.29 is 13.2 Å². The summed E-state index contributed by atoms with van der Waals surface area (Å²) in [5.41, 5.74) is 1.05. The van der Waals surface area contributed by atoms with E-state index in [1.54, 1.807) is 23.6 Å². The Morgan fingerprint density at radius 1 is 1.03 bits per heavy atom. The van der Waals surface area contributed by atoms with Crippen molar-refractivity contribution in [3.8, 4) is 21.8 Å².